The summed E-state index contributed by atoms with van der Waals surface area (Å²) in [5, 5.41) is 6.57. The van der Waals surface area contributed by atoms with E-state index in [0.29, 0.717) is 6.54 Å². The average molecular weight is 296 g/mol. The number of hydrogen-bond acceptors (Lipinski definition) is 4. The molecule has 0 bridgehead atoms. The van der Waals surface area contributed by atoms with E-state index in [4.69, 9.17) is 0 Å². The van der Waals surface area contributed by atoms with Gasteiger partial charge in [-0.25, -0.2) is 4.79 Å². The number of rotatable bonds is 4. The van der Waals surface area contributed by atoms with Crippen LogP contribution in [0.3, 0.4) is 0 Å². The van der Waals surface area contributed by atoms with Crippen LogP contribution in [0, 0.1) is 0 Å². The second kappa shape index (κ2) is 7.44. The summed E-state index contributed by atoms with van der Waals surface area (Å²) in [6, 6.07) is -0.842. The van der Waals surface area contributed by atoms with Crippen molar-refractivity contribution in [2.45, 2.75) is 25.1 Å². The molecule has 20 heavy (non-hydrogen) atoms. The number of hydrogen-bond donors (Lipinski definition) is 3. The molecule has 0 saturated carbocycles. The fraction of sp³-hybridized carbons (Fsp3) is 0.818. The Kier molecular flexibility index (Phi) is 6.21. The predicted octanol–water partition coefficient (Wildman–Crippen LogP) is 0.0583. The monoisotopic (exact) mass is 296 g/mol. The van der Waals surface area contributed by atoms with Crippen LogP contribution in [0.1, 0.15) is 12.8 Å². The number of halogens is 3. The summed E-state index contributed by atoms with van der Waals surface area (Å²) in [7, 11) is 1.83. The molecule has 0 spiro atoms. The van der Waals surface area contributed by atoms with Gasteiger partial charge in [-0.1, -0.05) is 0 Å². The fourth-order valence-corrected chi connectivity index (χ4v) is 2.03. The van der Waals surface area contributed by atoms with Gasteiger partial charge in [0.25, 0.3) is 0 Å². The number of likely N-dealkylation sites (N-methyl/N-ethyl adjacent to an activating group) is 1. The average Bonchev–Trinajstić information content (AvgIpc) is 2.35. The van der Waals surface area contributed by atoms with Crippen LogP contribution < -0.4 is 16.0 Å². The van der Waals surface area contributed by atoms with E-state index in [2.05, 4.69) is 5.32 Å². The summed E-state index contributed by atoms with van der Waals surface area (Å²) in [6.07, 6.45) is -2.55. The van der Waals surface area contributed by atoms with Crippen molar-refractivity contribution in [3.63, 3.8) is 0 Å². The van der Waals surface area contributed by atoms with Gasteiger partial charge in [0.05, 0.1) is 6.54 Å². The third-order valence-electron chi connectivity index (χ3n) is 2.98. The minimum atomic E-state index is -4.49. The SMILES string of the molecule is CNC1CCCN(CC(=O)NC(=O)NCC(F)(F)F)C1. The first-order chi connectivity index (χ1) is 9.30. The highest BCUT2D eigenvalue weighted by Crippen LogP contribution is 2.12. The van der Waals surface area contributed by atoms with E-state index < -0.39 is 24.7 Å². The molecular weight excluding hydrogens is 277 g/mol. The smallest absolute Gasteiger partial charge is 0.329 e. The number of urea groups is 1. The second-order valence-electron chi connectivity index (χ2n) is 4.71. The van der Waals surface area contributed by atoms with Gasteiger partial charge in [0.1, 0.15) is 6.54 Å². The van der Waals surface area contributed by atoms with Crippen LogP contribution in [-0.2, 0) is 4.79 Å². The molecule has 3 amide bonds. The van der Waals surface area contributed by atoms with Gasteiger partial charge in [-0.3, -0.25) is 15.0 Å². The Bertz CT molecular complexity index is 349. The van der Waals surface area contributed by atoms with Gasteiger partial charge in [0.2, 0.25) is 5.91 Å². The van der Waals surface area contributed by atoms with E-state index in [9.17, 15) is 22.8 Å². The Hall–Kier alpha value is -1.35. The van der Waals surface area contributed by atoms with Crippen molar-refractivity contribution in [3.05, 3.63) is 0 Å². The summed E-state index contributed by atoms with van der Waals surface area (Å²) >= 11 is 0. The summed E-state index contributed by atoms with van der Waals surface area (Å²) in [5.74, 6) is -0.610. The first-order valence-corrected chi connectivity index (χ1v) is 6.34. The van der Waals surface area contributed by atoms with Crippen molar-refractivity contribution in [3.8, 4) is 0 Å². The van der Waals surface area contributed by atoms with Crippen molar-refractivity contribution in [1.82, 2.24) is 20.9 Å². The fourth-order valence-electron chi connectivity index (χ4n) is 2.03. The molecule has 116 valence electrons. The number of amides is 3. The van der Waals surface area contributed by atoms with E-state index in [1.807, 2.05) is 17.3 Å². The molecule has 9 heteroatoms. The highest BCUT2D eigenvalue weighted by atomic mass is 19.4. The summed E-state index contributed by atoms with van der Waals surface area (Å²) in [4.78, 5) is 24.5. The Labute approximate surface area is 115 Å². The van der Waals surface area contributed by atoms with E-state index in [1.54, 1.807) is 5.32 Å². The standard InChI is InChI=1S/C11H19F3N4O2/c1-15-8-3-2-4-18(5-8)6-9(19)17-10(20)16-7-11(12,13)14/h8,15H,2-7H2,1H3,(H2,16,17,19,20). The normalized spacial score (nSPS) is 20.5. The maximum atomic E-state index is 11.9. The molecule has 0 aliphatic carbocycles. The third kappa shape index (κ3) is 6.71. The van der Waals surface area contributed by atoms with Crippen molar-refractivity contribution >= 4 is 11.9 Å². The van der Waals surface area contributed by atoms with Crippen molar-refractivity contribution in [1.29, 1.82) is 0 Å². The lowest BCUT2D eigenvalue weighted by Crippen LogP contribution is -2.50. The van der Waals surface area contributed by atoms with Crippen molar-refractivity contribution in [2.75, 3.05) is 33.2 Å². The molecule has 1 aliphatic rings. The molecule has 3 N–H and O–H groups in total. The Balaban J connectivity index is 2.27. The van der Waals surface area contributed by atoms with Gasteiger partial charge in [-0.05, 0) is 26.4 Å². The number of likely N-dealkylation sites (tertiary alicyclic amines) is 1. The molecule has 6 nitrogen and oxygen atoms in total. The topological polar surface area (TPSA) is 73.5 Å². The van der Waals surface area contributed by atoms with Gasteiger partial charge in [0, 0.05) is 12.6 Å². The van der Waals surface area contributed by atoms with Gasteiger partial charge >= 0.3 is 12.2 Å². The molecule has 1 heterocycles. The maximum Gasteiger partial charge on any atom is 0.405 e. The zero-order valence-corrected chi connectivity index (χ0v) is 11.2. The molecule has 1 saturated heterocycles. The van der Waals surface area contributed by atoms with Gasteiger partial charge in [0.15, 0.2) is 0 Å². The van der Waals surface area contributed by atoms with E-state index in [1.165, 1.54) is 0 Å². The van der Waals surface area contributed by atoms with Crippen LogP contribution in [0.15, 0.2) is 0 Å². The van der Waals surface area contributed by atoms with Gasteiger partial charge in [-0.2, -0.15) is 13.2 Å². The van der Waals surface area contributed by atoms with Crippen LogP contribution in [0.4, 0.5) is 18.0 Å². The number of alkyl halides is 3. The zero-order chi connectivity index (χ0) is 15.2. The number of carbonyl (C=O) groups is 2. The first kappa shape index (κ1) is 16.7. The lowest BCUT2D eigenvalue weighted by molar-refractivity contribution is -0.125. The molecule has 1 fully saturated rings. The lowest BCUT2D eigenvalue weighted by Gasteiger charge is -2.31. The van der Waals surface area contributed by atoms with Gasteiger partial charge < -0.3 is 10.6 Å². The Morgan fingerprint density at radius 3 is 2.65 bits per heavy atom. The minimum Gasteiger partial charge on any atom is -0.329 e. The largest absolute Gasteiger partial charge is 0.405 e. The second-order valence-corrected chi connectivity index (χ2v) is 4.71. The zero-order valence-electron chi connectivity index (χ0n) is 11.2. The summed E-state index contributed by atoms with van der Waals surface area (Å²) in [5.41, 5.74) is 0. The minimum absolute atomic E-state index is 0.00236. The Morgan fingerprint density at radius 2 is 2.05 bits per heavy atom. The molecule has 1 rings (SSSR count). The third-order valence-corrected chi connectivity index (χ3v) is 2.98. The predicted molar refractivity (Wildman–Crippen MR) is 66.1 cm³/mol. The number of piperidine rings is 1. The van der Waals surface area contributed by atoms with Crippen LogP contribution in [0.2, 0.25) is 0 Å². The van der Waals surface area contributed by atoms with Crippen LogP contribution >= 0.6 is 0 Å². The van der Waals surface area contributed by atoms with Crippen LogP contribution in [-0.4, -0.2) is 62.3 Å². The number of imide groups is 1. The lowest BCUT2D eigenvalue weighted by atomic mass is 10.1. The summed E-state index contributed by atoms with van der Waals surface area (Å²) in [6.45, 7) is -0.0564. The number of nitrogens with one attached hydrogen (secondary N) is 3. The molecule has 1 aliphatic heterocycles. The first-order valence-electron chi connectivity index (χ1n) is 6.34. The molecular formula is C11H19F3N4O2. The summed E-state index contributed by atoms with van der Waals surface area (Å²) < 4.78 is 35.6. The molecule has 0 aromatic carbocycles. The van der Waals surface area contributed by atoms with Crippen molar-refractivity contribution in [2.24, 2.45) is 0 Å². The molecule has 0 radical (unpaired) electrons. The Morgan fingerprint density at radius 1 is 1.35 bits per heavy atom. The molecule has 1 unspecified atom stereocenters. The van der Waals surface area contributed by atoms with Crippen LogP contribution in [0.25, 0.3) is 0 Å². The maximum absolute atomic E-state index is 11.9. The van der Waals surface area contributed by atoms with Crippen molar-refractivity contribution < 1.29 is 22.8 Å². The molecule has 0 aromatic heterocycles. The van der Waals surface area contributed by atoms with Crippen LogP contribution in [0.5, 0.6) is 0 Å². The molecule has 0 aromatic rings. The molecule has 1 atom stereocenters. The van der Waals surface area contributed by atoms with Gasteiger partial charge in [-0.15, -0.1) is 0 Å². The highest BCUT2D eigenvalue weighted by molar-refractivity contribution is 5.95. The number of carbonyl (C=O) groups excluding carboxylic acids is 2. The van der Waals surface area contributed by atoms with E-state index >= 15 is 0 Å². The quantitative estimate of drug-likeness (QED) is 0.686. The van der Waals surface area contributed by atoms with E-state index in [0.717, 1.165) is 19.4 Å². The highest BCUT2D eigenvalue weighted by Gasteiger charge is 2.28. The number of nitrogens with zero attached hydrogens (tertiary/aromatic N) is 1. The van der Waals surface area contributed by atoms with E-state index in [-0.39, 0.29) is 12.6 Å².